The molecule has 0 amide bonds. The Morgan fingerprint density at radius 1 is 1.22 bits per heavy atom. The molecule has 2 aromatic heterocycles. The van der Waals surface area contributed by atoms with Crippen LogP contribution in [0.3, 0.4) is 0 Å². The summed E-state index contributed by atoms with van der Waals surface area (Å²) in [6.07, 6.45) is 2.89. The van der Waals surface area contributed by atoms with Gasteiger partial charge in [-0.3, -0.25) is 0 Å². The number of rotatable bonds is 6. The van der Waals surface area contributed by atoms with Crippen LogP contribution >= 0.6 is 0 Å². The van der Waals surface area contributed by atoms with Crippen LogP contribution in [0.15, 0.2) is 34.9 Å². The fourth-order valence-corrected chi connectivity index (χ4v) is 1.66. The minimum absolute atomic E-state index is 0.686. The van der Waals surface area contributed by atoms with Gasteiger partial charge in [0, 0.05) is 24.5 Å². The van der Waals surface area contributed by atoms with E-state index in [1.165, 1.54) is 0 Å². The van der Waals surface area contributed by atoms with Crippen LogP contribution in [0, 0.1) is 6.92 Å². The molecule has 96 valence electrons. The summed E-state index contributed by atoms with van der Waals surface area (Å²) in [5.41, 5.74) is 1.04. The molecule has 18 heavy (non-hydrogen) atoms. The van der Waals surface area contributed by atoms with E-state index in [4.69, 9.17) is 4.42 Å². The minimum Gasteiger partial charge on any atom is -0.465 e. The molecule has 0 radical (unpaired) electrons. The van der Waals surface area contributed by atoms with Crippen molar-refractivity contribution < 1.29 is 4.42 Å². The first-order valence-corrected chi connectivity index (χ1v) is 6.27. The highest BCUT2D eigenvalue weighted by molar-refractivity contribution is 5.51. The van der Waals surface area contributed by atoms with Gasteiger partial charge in [-0.25, -0.2) is 4.98 Å². The van der Waals surface area contributed by atoms with Crippen molar-refractivity contribution in [3.05, 3.63) is 42.0 Å². The number of pyridine rings is 1. The van der Waals surface area contributed by atoms with E-state index in [9.17, 15) is 0 Å². The Balaban J connectivity index is 1.92. The number of hydrogen-bond acceptors (Lipinski definition) is 4. The molecule has 0 atom stereocenters. The van der Waals surface area contributed by atoms with E-state index in [0.29, 0.717) is 6.54 Å². The number of nitrogens with zero attached hydrogens (tertiary/aromatic N) is 1. The maximum absolute atomic E-state index is 5.51. The van der Waals surface area contributed by atoms with Gasteiger partial charge in [0.05, 0.1) is 6.54 Å². The van der Waals surface area contributed by atoms with Gasteiger partial charge < -0.3 is 15.1 Å². The molecule has 2 heterocycles. The van der Waals surface area contributed by atoms with Gasteiger partial charge in [0.2, 0.25) is 0 Å². The fraction of sp³-hybridized carbons (Fsp3) is 0.357. The molecule has 4 heteroatoms. The van der Waals surface area contributed by atoms with Crippen molar-refractivity contribution in [3.8, 4) is 0 Å². The second-order valence-electron chi connectivity index (χ2n) is 4.22. The molecule has 0 aliphatic carbocycles. The molecule has 0 fully saturated rings. The fourth-order valence-electron chi connectivity index (χ4n) is 1.66. The van der Waals surface area contributed by atoms with Crippen molar-refractivity contribution in [3.63, 3.8) is 0 Å². The van der Waals surface area contributed by atoms with Crippen molar-refractivity contribution in [1.29, 1.82) is 0 Å². The first-order valence-electron chi connectivity index (χ1n) is 6.27. The molecule has 0 saturated heterocycles. The number of anilines is 2. The van der Waals surface area contributed by atoms with Crippen LogP contribution in [-0.2, 0) is 6.54 Å². The van der Waals surface area contributed by atoms with Crippen molar-refractivity contribution in [2.24, 2.45) is 0 Å². The highest BCUT2D eigenvalue weighted by Gasteiger charge is 2.00. The molecule has 2 aromatic rings. The quantitative estimate of drug-likeness (QED) is 0.818. The summed E-state index contributed by atoms with van der Waals surface area (Å²) in [6, 6.07) is 7.91. The van der Waals surface area contributed by atoms with Gasteiger partial charge in [-0.15, -0.1) is 0 Å². The molecule has 0 spiro atoms. The third-order valence-electron chi connectivity index (χ3n) is 2.58. The Hall–Kier alpha value is -1.97. The second-order valence-corrected chi connectivity index (χ2v) is 4.22. The maximum Gasteiger partial charge on any atom is 0.127 e. The van der Waals surface area contributed by atoms with Crippen molar-refractivity contribution >= 4 is 11.5 Å². The third-order valence-corrected chi connectivity index (χ3v) is 2.58. The second kappa shape index (κ2) is 6.10. The van der Waals surface area contributed by atoms with Crippen LogP contribution in [0.5, 0.6) is 0 Å². The summed E-state index contributed by atoms with van der Waals surface area (Å²) in [5, 5.41) is 6.58. The SMILES string of the molecule is CCCNc1cc(NCc2ccc(C)o2)ccn1. The lowest BCUT2D eigenvalue weighted by atomic mass is 10.3. The monoisotopic (exact) mass is 245 g/mol. The zero-order valence-corrected chi connectivity index (χ0v) is 10.9. The summed E-state index contributed by atoms with van der Waals surface area (Å²) in [4.78, 5) is 4.26. The zero-order chi connectivity index (χ0) is 12.8. The van der Waals surface area contributed by atoms with Crippen molar-refractivity contribution in [2.45, 2.75) is 26.8 Å². The van der Waals surface area contributed by atoms with E-state index in [2.05, 4.69) is 22.5 Å². The lowest BCUT2D eigenvalue weighted by Crippen LogP contribution is -2.03. The summed E-state index contributed by atoms with van der Waals surface area (Å²) < 4.78 is 5.51. The third kappa shape index (κ3) is 3.52. The first-order chi connectivity index (χ1) is 8.78. The van der Waals surface area contributed by atoms with Crippen LogP contribution < -0.4 is 10.6 Å². The summed E-state index contributed by atoms with van der Waals surface area (Å²) in [5.74, 6) is 2.77. The van der Waals surface area contributed by atoms with Gasteiger partial charge in [-0.1, -0.05) is 6.92 Å². The molecule has 4 nitrogen and oxygen atoms in total. The lowest BCUT2D eigenvalue weighted by Gasteiger charge is -2.07. The Morgan fingerprint density at radius 2 is 2.11 bits per heavy atom. The number of aromatic nitrogens is 1. The lowest BCUT2D eigenvalue weighted by molar-refractivity contribution is 0.490. The molecular formula is C14H19N3O. The molecule has 0 aromatic carbocycles. The molecule has 0 saturated carbocycles. The predicted molar refractivity (Wildman–Crippen MR) is 73.8 cm³/mol. The van der Waals surface area contributed by atoms with Crippen LogP contribution in [0.1, 0.15) is 24.9 Å². The normalized spacial score (nSPS) is 10.3. The number of nitrogens with one attached hydrogen (secondary N) is 2. The van der Waals surface area contributed by atoms with Crippen LogP contribution in [0.4, 0.5) is 11.5 Å². The average molecular weight is 245 g/mol. The van der Waals surface area contributed by atoms with E-state index >= 15 is 0 Å². The maximum atomic E-state index is 5.51. The summed E-state index contributed by atoms with van der Waals surface area (Å²) >= 11 is 0. The molecule has 0 bridgehead atoms. The van der Waals surface area contributed by atoms with Gasteiger partial charge >= 0.3 is 0 Å². The summed E-state index contributed by atoms with van der Waals surface area (Å²) in [6.45, 7) is 5.70. The smallest absolute Gasteiger partial charge is 0.127 e. The van der Waals surface area contributed by atoms with Crippen LogP contribution in [0.2, 0.25) is 0 Å². The molecule has 2 N–H and O–H groups in total. The van der Waals surface area contributed by atoms with Gasteiger partial charge in [-0.2, -0.15) is 0 Å². The molecule has 0 aliphatic rings. The highest BCUT2D eigenvalue weighted by atomic mass is 16.3. The number of aryl methyl sites for hydroxylation is 1. The van der Waals surface area contributed by atoms with Crippen LogP contribution in [0.25, 0.3) is 0 Å². The van der Waals surface area contributed by atoms with E-state index in [1.807, 2.05) is 31.2 Å². The minimum atomic E-state index is 0.686. The van der Waals surface area contributed by atoms with Crippen LogP contribution in [-0.4, -0.2) is 11.5 Å². The Bertz CT molecular complexity index is 493. The van der Waals surface area contributed by atoms with E-state index in [0.717, 1.165) is 36.0 Å². The Labute approximate surface area is 107 Å². The standard InChI is InChI=1S/C14H19N3O/c1-3-7-15-14-9-12(6-8-16-14)17-10-13-5-4-11(2)18-13/h4-6,8-9H,3,7,10H2,1-2H3,(H2,15,16,17). The van der Waals surface area contributed by atoms with Gasteiger partial charge in [0.25, 0.3) is 0 Å². The van der Waals surface area contributed by atoms with E-state index in [1.54, 1.807) is 6.20 Å². The van der Waals surface area contributed by atoms with E-state index in [-0.39, 0.29) is 0 Å². The van der Waals surface area contributed by atoms with E-state index < -0.39 is 0 Å². The summed E-state index contributed by atoms with van der Waals surface area (Å²) in [7, 11) is 0. The largest absolute Gasteiger partial charge is 0.465 e. The van der Waals surface area contributed by atoms with Crippen molar-refractivity contribution in [1.82, 2.24) is 4.98 Å². The topological polar surface area (TPSA) is 50.1 Å². The Kier molecular flexibility index (Phi) is 4.23. The molecule has 0 unspecified atom stereocenters. The van der Waals surface area contributed by atoms with Gasteiger partial charge in [0.1, 0.15) is 17.3 Å². The highest BCUT2D eigenvalue weighted by Crippen LogP contribution is 2.14. The molecule has 0 aliphatic heterocycles. The van der Waals surface area contributed by atoms with Gasteiger partial charge in [-0.05, 0) is 31.5 Å². The molecular weight excluding hydrogens is 226 g/mol. The predicted octanol–water partition coefficient (Wildman–Crippen LogP) is 3.42. The van der Waals surface area contributed by atoms with Gasteiger partial charge in [0.15, 0.2) is 0 Å². The first kappa shape index (κ1) is 12.5. The molecule has 2 rings (SSSR count). The average Bonchev–Trinajstić information content (AvgIpc) is 2.80. The number of furan rings is 1. The zero-order valence-electron chi connectivity index (χ0n) is 10.9. The Morgan fingerprint density at radius 3 is 2.83 bits per heavy atom. The van der Waals surface area contributed by atoms with Crippen molar-refractivity contribution in [2.75, 3.05) is 17.2 Å². The number of hydrogen-bond donors (Lipinski definition) is 2.